The summed E-state index contributed by atoms with van der Waals surface area (Å²) in [5, 5.41) is 2.80. The third kappa shape index (κ3) is 8.49. The first-order chi connectivity index (χ1) is 15.8. The highest BCUT2D eigenvalue weighted by Gasteiger charge is 2.21. The molecule has 182 valence electrons. The van der Waals surface area contributed by atoms with E-state index in [9.17, 15) is 13.2 Å². The summed E-state index contributed by atoms with van der Waals surface area (Å²) >= 11 is 0. The molecular formula is C24H34N2O6S. The van der Waals surface area contributed by atoms with Gasteiger partial charge in [0.25, 0.3) is 0 Å². The number of hydrogen-bond donors (Lipinski definition) is 1. The molecule has 2 aromatic rings. The molecule has 1 amide bonds. The Morgan fingerprint density at radius 3 is 2.33 bits per heavy atom. The Hall–Kier alpha value is -2.94. The highest BCUT2D eigenvalue weighted by molar-refractivity contribution is 7.92. The van der Waals surface area contributed by atoms with Crippen LogP contribution in [0.4, 0.5) is 5.69 Å². The minimum atomic E-state index is -3.57. The molecule has 0 aliphatic rings. The van der Waals surface area contributed by atoms with E-state index in [-0.39, 0.29) is 18.9 Å². The first kappa shape index (κ1) is 26.3. The molecule has 0 radical (unpaired) electrons. The predicted octanol–water partition coefficient (Wildman–Crippen LogP) is 3.40. The number of hydrogen-bond acceptors (Lipinski definition) is 6. The van der Waals surface area contributed by atoms with Crippen molar-refractivity contribution in [2.45, 2.75) is 32.6 Å². The third-order valence-corrected chi connectivity index (χ3v) is 6.16. The van der Waals surface area contributed by atoms with Crippen LogP contribution in [0.25, 0.3) is 0 Å². The summed E-state index contributed by atoms with van der Waals surface area (Å²) in [4.78, 5) is 12.2. The lowest BCUT2D eigenvalue weighted by molar-refractivity contribution is -0.121. The number of methoxy groups -OCH3 is 2. The zero-order valence-electron chi connectivity index (χ0n) is 19.8. The van der Waals surface area contributed by atoms with Crippen LogP contribution in [0.3, 0.4) is 0 Å². The molecule has 0 bridgehead atoms. The fourth-order valence-electron chi connectivity index (χ4n) is 3.33. The second-order valence-corrected chi connectivity index (χ2v) is 9.48. The van der Waals surface area contributed by atoms with E-state index in [2.05, 4.69) is 12.2 Å². The number of anilines is 1. The predicted molar refractivity (Wildman–Crippen MR) is 130 cm³/mol. The molecule has 0 heterocycles. The first-order valence-corrected chi connectivity index (χ1v) is 12.8. The Bertz CT molecular complexity index is 993. The highest BCUT2D eigenvalue weighted by Crippen LogP contribution is 2.33. The summed E-state index contributed by atoms with van der Waals surface area (Å²) in [7, 11) is -0.576. The van der Waals surface area contributed by atoms with E-state index < -0.39 is 10.0 Å². The van der Waals surface area contributed by atoms with Crippen LogP contribution in [-0.4, -0.2) is 54.5 Å². The zero-order valence-corrected chi connectivity index (χ0v) is 20.6. The molecule has 0 saturated carbocycles. The summed E-state index contributed by atoms with van der Waals surface area (Å²) in [6, 6.07) is 12.9. The number of nitrogens with one attached hydrogen (secondary N) is 1. The minimum Gasteiger partial charge on any atom is -0.497 e. The maximum absolute atomic E-state index is 12.4. The van der Waals surface area contributed by atoms with Crippen molar-refractivity contribution >= 4 is 21.6 Å². The summed E-state index contributed by atoms with van der Waals surface area (Å²) in [5.74, 6) is 1.54. The molecule has 0 unspecified atom stereocenters. The average molecular weight is 479 g/mol. The lowest BCUT2D eigenvalue weighted by Crippen LogP contribution is -2.33. The van der Waals surface area contributed by atoms with Gasteiger partial charge in [-0.15, -0.1) is 0 Å². The monoisotopic (exact) mass is 478 g/mol. The van der Waals surface area contributed by atoms with E-state index in [1.165, 1.54) is 24.1 Å². The SMILES string of the molecule is CCCc1ccc(OCCNC(=O)CCCN(c2ccc(OC)cc2OC)S(C)(=O)=O)cc1. The van der Waals surface area contributed by atoms with Gasteiger partial charge in [0.15, 0.2) is 0 Å². The Morgan fingerprint density at radius 1 is 1.03 bits per heavy atom. The molecule has 0 saturated heterocycles. The molecule has 0 fully saturated rings. The van der Waals surface area contributed by atoms with E-state index in [1.54, 1.807) is 18.2 Å². The van der Waals surface area contributed by atoms with Gasteiger partial charge in [0.1, 0.15) is 23.9 Å². The zero-order chi connectivity index (χ0) is 24.3. The molecule has 0 spiro atoms. The van der Waals surface area contributed by atoms with E-state index in [0.29, 0.717) is 36.8 Å². The van der Waals surface area contributed by atoms with Crippen LogP contribution >= 0.6 is 0 Å². The van der Waals surface area contributed by atoms with Gasteiger partial charge in [-0.3, -0.25) is 9.10 Å². The smallest absolute Gasteiger partial charge is 0.232 e. The number of aryl methyl sites for hydroxylation is 1. The number of carbonyl (C=O) groups excluding carboxylic acids is 1. The normalized spacial score (nSPS) is 11.0. The van der Waals surface area contributed by atoms with Crippen molar-refractivity contribution in [3.63, 3.8) is 0 Å². The third-order valence-electron chi connectivity index (χ3n) is 4.98. The van der Waals surface area contributed by atoms with Crippen molar-refractivity contribution in [1.82, 2.24) is 5.32 Å². The lowest BCUT2D eigenvalue weighted by Gasteiger charge is -2.24. The number of nitrogens with zero attached hydrogens (tertiary/aromatic N) is 1. The van der Waals surface area contributed by atoms with Crippen LogP contribution in [-0.2, 0) is 21.2 Å². The average Bonchev–Trinajstić information content (AvgIpc) is 2.79. The molecule has 9 heteroatoms. The minimum absolute atomic E-state index is 0.148. The van der Waals surface area contributed by atoms with Crippen molar-refractivity contribution < 1.29 is 27.4 Å². The van der Waals surface area contributed by atoms with Crippen LogP contribution in [0.1, 0.15) is 31.7 Å². The molecule has 2 rings (SSSR count). The number of carbonyl (C=O) groups is 1. The highest BCUT2D eigenvalue weighted by atomic mass is 32.2. The van der Waals surface area contributed by atoms with Crippen molar-refractivity contribution in [3.8, 4) is 17.2 Å². The summed E-state index contributed by atoms with van der Waals surface area (Å²) in [6.45, 7) is 3.02. The number of amides is 1. The van der Waals surface area contributed by atoms with E-state index in [4.69, 9.17) is 14.2 Å². The van der Waals surface area contributed by atoms with Gasteiger partial charge in [-0.05, 0) is 42.7 Å². The molecule has 8 nitrogen and oxygen atoms in total. The van der Waals surface area contributed by atoms with E-state index in [1.807, 2.05) is 24.3 Å². The van der Waals surface area contributed by atoms with Crippen LogP contribution in [0.2, 0.25) is 0 Å². The molecule has 33 heavy (non-hydrogen) atoms. The largest absolute Gasteiger partial charge is 0.497 e. The second-order valence-electron chi connectivity index (χ2n) is 7.57. The molecule has 1 N–H and O–H groups in total. The molecule has 0 aromatic heterocycles. The van der Waals surface area contributed by atoms with Crippen LogP contribution in [0.15, 0.2) is 42.5 Å². The number of sulfonamides is 1. The van der Waals surface area contributed by atoms with Gasteiger partial charge in [-0.25, -0.2) is 8.42 Å². The Morgan fingerprint density at radius 2 is 1.73 bits per heavy atom. The molecule has 2 aromatic carbocycles. The van der Waals surface area contributed by atoms with E-state index >= 15 is 0 Å². The van der Waals surface area contributed by atoms with Gasteiger partial charge in [-0.1, -0.05) is 25.5 Å². The Kier molecular flexibility index (Phi) is 10.3. The summed E-state index contributed by atoms with van der Waals surface area (Å²) in [6.07, 6.45) is 3.81. The standard InChI is InChI=1S/C24H34N2O6S/c1-5-7-19-9-11-20(12-10-19)32-17-15-25-24(27)8-6-16-26(33(4,28)29)22-14-13-21(30-2)18-23(22)31-3/h9-14,18H,5-8,15-17H2,1-4H3,(H,25,27). The molecular weight excluding hydrogens is 444 g/mol. The summed E-state index contributed by atoms with van der Waals surface area (Å²) < 4.78 is 42.1. The fourth-order valence-corrected chi connectivity index (χ4v) is 4.30. The van der Waals surface area contributed by atoms with Gasteiger partial charge in [0, 0.05) is 19.0 Å². The lowest BCUT2D eigenvalue weighted by atomic mass is 10.1. The van der Waals surface area contributed by atoms with Crippen molar-refractivity contribution in [1.29, 1.82) is 0 Å². The van der Waals surface area contributed by atoms with Gasteiger partial charge < -0.3 is 19.5 Å². The maximum Gasteiger partial charge on any atom is 0.232 e. The topological polar surface area (TPSA) is 94.2 Å². The van der Waals surface area contributed by atoms with E-state index in [0.717, 1.165) is 24.8 Å². The number of rotatable bonds is 14. The Balaban J connectivity index is 1.81. The van der Waals surface area contributed by atoms with Crippen molar-refractivity contribution in [2.24, 2.45) is 0 Å². The van der Waals surface area contributed by atoms with Crippen LogP contribution in [0.5, 0.6) is 17.2 Å². The van der Waals surface area contributed by atoms with Crippen molar-refractivity contribution in [3.05, 3.63) is 48.0 Å². The quantitative estimate of drug-likeness (QED) is 0.418. The van der Waals surface area contributed by atoms with Gasteiger partial charge in [-0.2, -0.15) is 0 Å². The van der Waals surface area contributed by atoms with Crippen LogP contribution in [0, 0.1) is 0 Å². The van der Waals surface area contributed by atoms with Gasteiger partial charge >= 0.3 is 0 Å². The van der Waals surface area contributed by atoms with Gasteiger partial charge in [0.2, 0.25) is 15.9 Å². The fraction of sp³-hybridized carbons (Fsp3) is 0.458. The molecule has 0 atom stereocenters. The second kappa shape index (κ2) is 12.9. The van der Waals surface area contributed by atoms with Crippen molar-refractivity contribution in [2.75, 3.05) is 44.5 Å². The molecule has 0 aliphatic heterocycles. The summed E-state index contributed by atoms with van der Waals surface area (Å²) in [5.41, 5.74) is 1.67. The molecule has 0 aliphatic carbocycles. The van der Waals surface area contributed by atoms with Crippen LogP contribution < -0.4 is 23.8 Å². The Labute approximate surface area is 196 Å². The maximum atomic E-state index is 12.4. The van der Waals surface area contributed by atoms with Gasteiger partial charge in [0.05, 0.1) is 32.7 Å². The number of benzene rings is 2. The first-order valence-electron chi connectivity index (χ1n) is 11.0. The number of ether oxygens (including phenoxy) is 3.